The van der Waals surface area contributed by atoms with Gasteiger partial charge in [-0.05, 0) is 37.1 Å². The van der Waals surface area contributed by atoms with E-state index < -0.39 is 10.0 Å². The van der Waals surface area contributed by atoms with Crippen LogP contribution in [0.5, 0.6) is 0 Å². The molecule has 1 heterocycles. The van der Waals surface area contributed by atoms with Crippen LogP contribution in [0.2, 0.25) is 0 Å². The second kappa shape index (κ2) is 7.94. The molecule has 0 saturated heterocycles. The lowest BCUT2D eigenvalue weighted by atomic mass is 10.1. The Morgan fingerprint density at radius 2 is 1.81 bits per heavy atom. The van der Waals surface area contributed by atoms with Crippen LogP contribution < -0.4 is 5.32 Å². The van der Waals surface area contributed by atoms with Gasteiger partial charge in [-0.15, -0.1) is 0 Å². The molecule has 3 rings (SSSR count). The van der Waals surface area contributed by atoms with Crippen LogP contribution in [0.25, 0.3) is 10.9 Å². The fraction of sp³-hybridized carbons (Fsp3) is 0.250. The molecule has 142 valence electrons. The Morgan fingerprint density at radius 1 is 1.11 bits per heavy atom. The van der Waals surface area contributed by atoms with Crippen LogP contribution >= 0.6 is 0 Å². The van der Waals surface area contributed by atoms with E-state index in [1.54, 1.807) is 12.1 Å². The number of aryl methyl sites for hydroxylation is 1. The molecule has 0 atom stereocenters. The lowest BCUT2D eigenvalue weighted by Crippen LogP contribution is -2.38. The number of rotatable bonds is 7. The zero-order valence-corrected chi connectivity index (χ0v) is 16.2. The second-order valence-electron chi connectivity index (χ2n) is 6.62. The van der Waals surface area contributed by atoms with E-state index >= 15 is 0 Å². The van der Waals surface area contributed by atoms with Gasteiger partial charge in [0.1, 0.15) is 0 Å². The van der Waals surface area contributed by atoms with Gasteiger partial charge in [0.05, 0.1) is 12.8 Å². The number of amides is 1. The number of carbonyl (C=O) groups is 1. The summed E-state index contributed by atoms with van der Waals surface area (Å²) >= 11 is 0. The van der Waals surface area contributed by atoms with E-state index in [0.717, 1.165) is 28.3 Å². The maximum absolute atomic E-state index is 12.3. The summed E-state index contributed by atoms with van der Waals surface area (Å²) in [4.78, 5) is 15.5. The molecule has 0 unspecified atom stereocenters. The predicted molar refractivity (Wildman–Crippen MR) is 108 cm³/mol. The lowest BCUT2D eigenvalue weighted by Gasteiger charge is -2.19. The van der Waals surface area contributed by atoms with E-state index in [1.165, 1.54) is 4.31 Å². The molecular weight excluding hydrogens is 362 g/mol. The zero-order chi connectivity index (χ0) is 19.4. The van der Waals surface area contributed by atoms with Crippen molar-refractivity contribution in [2.75, 3.05) is 24.7 Å². The van der Waals surface area contributed by atoms with Crippen LogP contribution in [0, 0.1) is 6.92 Å². The minimum atomic E-state index is -3.50. The molecule has 6 nitrogen and oxygen atoms in total. The first-order chi connectivity index (χ1) is 12.8. The number of anilines is 1. The zero-order valence-electron chi connectivity index (χ0n) is 15.4. The van der Waals surface area contributed by atoms with Crippen LogP contribution in [0.3, 0.4) is 0 Å². The number of H-pyrrole nitrogens is 1. The summed E-state index contributed by atoms with van der Waals surface area (Å²) in [6.45, 7) is 1.98. The van der Waals surface area contributed by atoms with Crippen molar-refractivity contribution in [3.8, 4) is 0 Å². The highest BCUT2D eigenvalue weighted by molar-refractivity contribution is 7.88. The Labute approximate surface area is 159 Å². The number of nitrogens with one attached hydrogen (secondary N) is 2. The molecule has 0 aliphatic carbocycles. The maximum atomic E-state index is 12.3. The normalized spacial score (nSPS) is 11.8. The summed E-state index contributed by atoms with van der Waals surface area (Å²) in [6.07, 6.45) is 3.54. The van der Waals surface area contributed by atoms with Crippen molar-refractivity contribution < 1.29 is 13.2 Å². The predicted octanol–water partition coefficient (Wildman–Crippen LogP) is 2.92. The third-order valence-corrected chi connectivity index (χ3v) is 5.68. The van der Waals surface area contributed by atoms with Crippen molar-refractivity contribution in [3.63, 3.8) is 0 Å². The number of carbonyl (C=O) groups excluding carboxylic acids is 1. The highest BCUT2D eigenvalue weighted by Gasteiger charge is 2.20. The van der Waals surface area contributed by atoms with Crippen molar-refractivity contribution >= 4 is 32.5 Å². The number of hydrogen-bond acceptors (Lipinski definition) is 3. The SMILES string of the molecule is Cc1ccc(NC(=O)CN(CCc2c[nH]c3ccccc23)S(C)(=O)=O)cc1. The van der Waals surface area contributed by atoms with Gasteiger partial charge in [0.25, 0.3) is 0 Å². The van der Waals surface area contributed by atoms with E-state index in [1.807, 2.05) is 49.5 Å². The first-order valence-corrected chi connectivity index (χ1v) is 10.5. The lowest BCUT2D eigenvalue weighted by molar-refractivity contribution is -0.116. The minimum Gasteiger partial charge on any atom is -0.361 e. The average molecular weight is 385 g/mol. The van der Waals surface area contributed by atoms with Gasteiger partial charge in [0, 0.05) is 29.3 Å². The maximum Gasteiger partial charge on any atom is 0.239 e. The highest BCUT2D eigenvalue weighted by atomic mass is 32.2. The fourth-order valence-corrected chi connectivity index (χ4v) is 3.72. The van der Waals surface area contributed by atoms with Gasteiger partial charge in [-0.3, -0.25) is 4.79 Å². The number of aromatic amines is 1. The number of sulfonamides is 1. The average Bonchev–Trinajstić information content (AvgIpc) is 3.03. The smallest absolute Gasteiger partial charge is 0.239 e. The molecule has 2 aromatic carbocycles. The number of aromatic nitrogens is 1. The summed E-state index contributed by atoms with van der Waals surface area (Å²) in [5, 5.41) is 3.81. The van der Waals surface area contributed by atoms with Gasteiger partial charge in [-0.2, -0.15) is 4.31 Å². The van der Waals surface area contributed by atoms with Crippen molar-refractivity contribution in [2.24, 2.45) is 0 Å². The number of fused-ring (bicyclic) bond motifs is 1. The van der Waals surface area contributed by atoms with Crippen molar-refractivity contribution in [2.45, 2.75) is 13.3 Å². The molecule has 7 heteroatoms. The molecule has 0 bridgehead atoms. The quantitative estimate of drug-likeness (QED) is 0.656. The number of nitrogens with zero attached hydrogens (tertiary/aromatic N) is 1. The van der Waals surface area contributed by atoms with E-state index in [2.05, 4.69) is 10.3 Å². The van der Waals surface area contributed by atoms with Gasteiger partial charge < -0.3 is 10.3 Å². The highest BCUT2D eigenvalue weighted by Crippen LogP contribution is 2.18. The number of benzene rings is 2. The Bertz CT molecular complexity index is 1040. The third-order valence-electron chi connectivity index (χ3n) is 4.43. The molecule has 1 amide bonds. The molecule has 0 saturated carbocycles. The summed E-state index contributed by atoms with van der Waals surface area (Å²) in [7, 11) is -3.50. The molecule has 0 spiro atoms. The first kappa shape index (κ1) is 19.1. The van der Waals surface area contributed by atoms with E-state index in [4.69, 9.17) is 0 Å². The van der Waals surface area contributed by atoms with Crippen LogP contribution in [-0.2, 0) is 21.2 Å². The molecule has 27 heavy (non-hydrogen) atoms. The summed E-state index contributed by atoms with van der Waals surface area (Å²) in [5.74, 6) is -0.358. The van der Waals surface area contributed by atoms with Crippen LogP contribution in [0.1, 0.15) is 11.1 Å². The third kappa shape index (κ3) is 4.96. The van der Waals surface area contributed by atoms with Crippen LogP contribution in [0.4, 0.5) is 5.69 Å². The molecular formula is C20H23N3O3S. The van der Waals surface area contributed by atoms with Gasteiger partial charge >= 0.3 is 0 Å². The number of para-hydroxylation sites is 1. The van der Waals surface area contributed by atoms with Gasteiger partial charge in [-0.1, -0.05) is 35.9 Å². The Morgan fingerprint density at radius 3 is 2.52 bits per heavy atom. The molecule has 0 radical (unpaired) electrons. The molecule has 1 aromatic heterocycles. The number of hydrogen-bond donors (Lipinski definition) is 2. The molecule has 0 aliphatic rings. The van der Waals surface area contributed by atoms with Crippen molar-refractivity contribution in [1.29, 1.82) is 0 Å². The van der Waals surface area contributed by atoms with Crippen LogP contribution in [-0.4, -0.2) is 43.0 Å². The fourth-order valence-electron chi connectivity index (χ4n) is 2.94. The largest absolute Gasteiger partial charge is 0.361 e. The van der Waals surface area contributed by atoms with Crippen molar-refractivity contribution in [1.82, 2.24) is 9.29 Å². The molecule has 0 fully saturated rings. The topological polar surface area (TPSA) is 82.3 Å². The van der Waals surface area contributed by atoms with Gasteiger partial charge in [-0.25, -0.2) is 8.42 Å². The molecule has 3 aromatic rings. The summed E-state index contributed by atoms with van der Waals surface area (Å²) in [6, 6.07) is 15.2. The molecule has 0 aliphatic heterocycles. The summed E-state index contributed by atoms with van der Waals surface area (Å²) < 4.78 is 25.5. The van der Waals surface area contributed by atoms with Gasteiger partial charge in [0.2, 0.25) is 15.9 Å². The monoisotopic (exact) mass is 385 g/mol. The van der Waals surface area contributed by atoms with E-state index in [-0.39, 0.29) is 19.0 Å². The van der Waals surface area contributed by atoms with E-state index in [9.17, 15) is 13.2 Å². The van der Waals surface area contributed by atoms with Crippen molar-refractivity contribution in [3.05, 3.63) is 65.9 Å². The summed E-state index contributed by atoms with van der Waals surface area (Å²) in [5.41, 5.74) is 3.77. The Hall–Kier alpha value is -2.64. The standard InChI is InChI=1S/C20H23N3O3S/c1-15-7-9-17(10-8-15)22-20(24)14-23(27(2,25)26)12-11-16-13-21-19-6-4-3-5-18(16)19/h3-10,13,21H,11-12,14H2,1-2H3,(H,22,24). The van der Waals surface area contributed by atoms with Gasteiger partial charge in [0.15, 0.2) is 0 Å². The Balaban J connectivity index is 1.67. The van der Waals surface area contributed by atoms with Crippen LogP contribution in [0.15, 0.2) is 54.7 Å². The molecule has 2 N–H and O–H groups in total. The minimum absolute atomic E-state index is 0.213. The Kier molecular flexibility index (Phi) is 5.62. The first-order valence-electron chi connectivity index (χ1n) is 8.69. The second-order valence-corrected chi connectivity index (χ2v) is 8.60. The van der Waals surface area contributed by atoms with E-state index in [0.29, 0.717) is 12.1 Å².